The van der Waals surface area contributed by atoms with Gasteiger partial charge in [0.25, 0.3) is 0 Å². The van der Waals surface area contributed by atoms with Crippen molar-refractivity contribution < 1.29 is 9.57 Å². The Morgan fingerprint density at radius 2 is 1.86 bits per heavy atom. The van der Waals surface area contributed by atoms with Crippen molar-refractivity contribution >= 4 is 0 Å². The van der Waals surface area contributed by atoms with Crippen molar-refractivity contribution in [1.29, 1.82) is 0 Å². The quantitative estimate of drug-likeness (QED) is 0.693. The van der Waals surface area contributed by atoms with Gasteiger partial charge in [-0.05, 0) is 62.0 Å². The molecule has 0 radical (unpaired) electrons. The maximum atomic E-state index is 6.12. The van der Waals surface area contributed by atoms with Crippen molar-refractivity contribution in [3.63, 3.8) is 0 Å². The lowest BCUT2D eigenvalue weighted by Crippen LogP contribution is -2.35. The Morgan fingerprint density at radius 1 is 1.07 bits per heavy atom. The fraction of sp³-hybridized carbons (Fsp3) is 0.417. The Kier molecular flexibility index (Phi) is 6.70. The fourth-order valence-electron chi connectivity index (χ4n) is 4.08. The number of likely N-dealkylation sites (tertiary alicyclic amines) is 1. The number of ether oxygens (including phenoxy) is 1. The van der Waals surface area contributed by atoms with E-state index in [0.717, 1.165) is 43.9 Å². The second-order valence-electron chi connectivity index (χ2n) is 7.95. The van der Waals surface area contributed by atoms with Gasteiger partial charge >= 0.3 is 0 Å². The molecule has 2 aromatic carbocycles. The summed E-state index contributed by atoms with van der Waals surface area (Å²) in [5.41, 5.74) is 5.47. The van der Waals surface area contributed by atoms with E-state index in [9.17, 15) is 0 Å². The van der Waals surface area contributed by atoms with Gasteiger partial charge in [-0.1, -0.05) is 48.1 Å². The molecule has 0 spiro atoms. The van der Waals surface area contributed by atoms with Gasteiger partial charge in [-0.25, -0.2) is 0 Å². The van der Waals surface area contributed by atoms with Crippen LogP contribution in [-0.2, 0) is 11.3 Å². The number of rotatable bonds is 9. The van der Waals surface area contributed by atoms with Crippen LogP contribution in [0, 0.1) is 0 Å². The van der Waals surface area contributed by atoms with Crippen LogP contribution in [0.4, 0.5) is 0 Å². The second-order valence-corrected chi connectivity index (χ2v) is 7.95. The van der Waals surface area contributed by atoms with Crippen LogP contribution in [0.5, 0.6) is 5.75 Å². The molecule has 0 aromatic heterocycles. The van der Waals surface area contributed by atoms with Gasteiger partial charge in [0, 0.05) is 19.5 Å². The molecule has 5 heteroatoms. The Balaban J connectivity index is 1.21. The summed E-state index contributed by atoms with van der Waals surface area (Å²) in [5, 5.41) is 1.84. The SMILES string of the molecule is CN1C=C(CCCN2CCC[C@H]2COc2ccc(Cc3ccccc3)cc2)ON1. The first-order chi connectivity index (χ1) is 14.3. The summed E-state index contributed by atoms with van der Waals surface area (Å²) < 4.78 is 6.12. The number of nitrogens with zero attached hydrogens (tertiary/aromatic N) is 2. The summed E-state index contributed by atoms with van der Waals surface area (Å²) in [6, 6.07) is 19.6. The normalized spacial score (nSPS) is 19.3. The van der Waals surface area contributed by atoms with E-state index in [-0.39, 0.29) is 0 Å². The molecule has 0 saturated carbocycles. The molecule has 2 aromatic rings. The Hall–Kier alpha value is -2.50. The van der Waals surface area contributed by atoms with Gasteiger partial charge in [0.2, 0.25) is 0 Å². The molecule has 0 amide bonds. The average Bonchev–Trinajstić information content (AvgIpc) is 3.37. The summed E-state index contributed by atoms with van der Waals surface area (Å²) in [4.78, 5) is 7.97. The van der Waals surface area contributed by atoms with Gasteiger partial charge in [0.1, 0.15) is 18.1 Å². The molecular formula is C24H31N3O2. The van der Waals surface area contributed by atoms with Gasteiger partial charge in [-0.3, -0.25) is 9.91 Å². The molecule has 0 bridgehead atoms. The van der Waals surface area contributed by atoms with Gasteiger partial charge in [0.15, 0.2) is 0 Å². The average molecular weight is 394 g/mol. The van der Waals surface area contributed by atoms with Gasteiger partial charge in [-0.15, -0.1) is 0 Å². The molecule has 1 N–H and O–H groups in total. The highest BCUT2D eigenvalue weighted by atomic mass is 16.7. The summed E-state index contributed by atoms with van der Waals surface area (Å²) in [7, 11) is 1.94. The zero-order valence-electron chi connectivity index (χ0n) is 17.2. The first-order valence-electron chi connectivity index (χ1n) is 10.6. The van der Waals surface area contributed by atoms with Crippen molar-refractivity contribution in [2.75, 3.05) is 26.7 Å². The van der Waals surface area contributed by atoms with E-state index >= 15 is 0 Å². The minimum Gasteiger partial charge on any atom is -0.492 e. The molecule has 0 unspecified atom stereocenters. The number of hydrogen-bond acceptors (Lipinski definition) is 5. The molecule has 1 fully saturated rings. The third-order valence-corrected chi connectivity index (χ3v) is 5.64. The molecule has 2 aliphatic heterocycles. The molecule has 2 heterocycles. The zero-order chi connectivity index (χ0) is 19.9. The summed E-state index contributed by atoms with van der Waals surface area (Å²) >= 11 is 0. The molecule has 1 atom stereocenters. The number of hydrazine groups is 1. The molecule has 29 heavy (non-hydrogen) atoms. The van der Waals surface area contributed by atoms with E-state index in [4.69, 9.17) is 9.57 Å². The van der Waals surface area contributed by atoms with Crippen molar-refractivity contribution in [3.05, 3.63) is 77.7 Å². The molecule has 2 aliphatic rings. The van der Waals surface area contributed by atoms with Crippen LogP contribution < -0.4 is 10.3 Å². The van der Waals surface area contributed by atoms with Crippen molar-refractivity contribution in [1.82, 2.24) is 15.5 Å². The molecule has 0 aliphatic carbocycles. The van der Waals surface area contributed by atoms with Crippen LogP contribution in [0.2, 0.25) is 0 Å². The van der Waals surface area contributed by atoms with Crippen LogP contribution in [0.3, 0.4) is 0 Å². The third-order valence-electron chi connectivity index (χ3n) is 5.64. The number of benzene rings is 2. The molecule has 1 saturated heterocycles. The number of allylic oxidation sites excluding steroid dienone is 1. The zero-order valence-corrected chi connectivity index (χ0v) is 17.2. The maximum absolute atomic E-state index is 6.12. The Labute approximate surface area is 173 Å². The molecule has 4 rings (SSSR count). The van der Waals surface area contributed by atoms with Crippen molar-refractivity contribution in [3.8, 4) is 5.75 Å². The number of nitrogens with one attached hydrogen (secondary N) is 1. The van der Waals surface area contributed by atoms with Gasteiger partial charge in [-0.2, -0.15) is 0 Å². The van der Waals surface area contributed by atoms with Crippen molar-refractivity contribution in [2.45, 2.75) is 38.1 Å². The second kappa shape index (κ2) is 9.81. The Morgan fingerprint density at radius 3 is 2.62 bits per heavy atom. The smallest absolute Gasteiger partial charge is 0.144 e. The van der Waals surface area contributed by atoms with Gasteiger partial charge in [0.05, 0.1) is 6.20 Å². The van der Waals surface area contributed by atoms with Crippen LogP contribution >= 0.6 is 0 Å². The van der Waals surface area contributed by atoms with E-state index in [2.05, 4.69) is 65.1 Å². The topological polar surface area (TPSA) is 37.0 Å². The lowest BCUT2D eigenvalue weighted by Gasteiger charge is -2.24. The van der Waals surface area contributed by atoms with E-state index in [1.54, 1.807) is 0 Å². The third kappa shape index (κ3) is 5.75. The van der Waals surface area contributed by atoms with E-state index in [1.807, 2.05) is 18.3 Å². The Bertz CT molecular complexity index is 792. The van der Waals surface area contributed by atoms with E-state index in [1.165, 1.54) is 30.5 Å². The first kappa shape index (κ1) is 19.8. The summed E-state index contributed by atoms with van der Waals surface area (Å²) in [5.74, 6) is 1.97. The minimum atomic E-state index is 0.512. The summed E-state index contributed by atoms with van der Waals surface area (Å²) in [6.07, 6.45) is 7.51. The minimum absolute atomic E-state index is 0.512. The highest BCUT2D eigenvalue weighted by molar-refractivity contribution is 5.31. The molecular weight excluding hydrogens is 362 g/mol. The first-order valence-corrected chi connectivity index (χ1v) is 10.6. The lowest BCUT2D eigenvalue weighted by molar-refractivity contribution is 0.0318. The highest BCUT2D eigenvalue weighted by Crippen LogP contribution is 2.22. The fourth-order valence-corrected chi connectivity index (χ4v) is 4.08. The van der Waals surface area contributed by atoms with E-state index in [0.29, 0.717) is 6.04 Å². The lowest BCUT2D eigenvalue weighted by atomic mass is 10.1. The van der Waals surface area contributed by atoms with Crippen molar-refractivity contribution in [2.24, 2.45) is 0 Å². The highest BCUT2D eigenvalue weighted by Gasteiger charge is 2.25. The molecule has 5 nitrogen and oxygen atoms in total. The number of hydrogen-bond donors (Lipinski definition) is 1. The predicted octanol–water partition coefficient (Wildman–Crippen LogP) is 4.12. The van der Waals surface area contributed by atoms with Crippen LogP contribution in [0.1, 0.15) is 36.8 Å². The monoisotopic (exact) mass is 393 g/mol. The standard InChI is InChI=1S/C24H31N3O2/c1-26-18-24(29-25-26)10-6-16-27-15-5-9-22(27)19-28-23-13-11-21(12-14-23)17-20-7-3-2-4-8-20/h2-4,7-8,11-14,18,22,25H,5-6,9-10,15-17,19H2,1H3/t22-/m0/s1. The van der Waals surface area contributed by atoms with Crippen LogP contribution in [-0.4, -0.2) is 42.7 Å². The maximum Gasteiger partial charge on any atom is 0.144 e. The van der Waals surface area contributed by atoms with Crippen LogP contribution in [0.15, 0.2) is 66.6 Å². The van der Waals surface area contributed by atoms with Gasteiger partial charge < -0.3 is 9.57 Å². The predicted molar refractivity (Wildman–Crippen MR) is 115 cm³/mol. The largest absolute Gasteiger partial charge is 0.492 e. The van der Waals surface area contributed by atoms with Crippen LogP contribution in [0.25, 0.3) is 0 Å². The van der Waals surface area contributed by atoms with E-state index < -0.39 is 0 Å². The summed E-state index contributed by atoms with van der Waals surface area (Å²) in [6.45, 7) is 3.03. The molecule has 154 valence electrons.